The number of aliphatic imine (C=N–C) groups is 1. The van der Waals surface area contributed by atoms with Gasteiger partial charge in [0.1, 0.15) is 0 Å². The van der Waals surface area contributed by atoms with Gasteiger partial charge in [0.05, 0.1) is 0 Å². The lowest BCUT2D eigenvalue weighted by atomic mass is 9.99. The number of hydrogen-bond donors (Lipinski definition) is 1. The molecule has 0 aromatic rings. The quantitative estimate of drug-likeness (QED) is 0.481. The molecule has 0 saturated carbocycles. The molecule has 2 aliphatic heterocycles. The fourth-order valence-electron chi connectivity index (χ4n) is 3.66. The van der Waals surface area contributed by atoms with E-state index < -0.39 is 0 Å². The molecule has 0 spiro atoms. The van der Waals surface area contributed by atoms with Crippen LogP contribution in [0.4, 0.5) is 0 Å². The molecule has 0 aromatic heterocycles. The molecule has 0 amide bonds. The highest BCUT2D eigenvalue weighted by molar-refractivity contribution is 5.79. The fraction of sp³-hybridized carbons (Fsp3) is 0.944. The summed E-state index contributed by atoms with van der Waals surface area (Å²) in [5.74, 6) is 2.85. The van der Waals surface area contributed by atoms with Crippen molar-refractivity contribution in [2.45, 2.75) is 52.4 Å². The maximum atomic E-state index is 4.46. The standard InChI is InChI=1S/C18H36N4/c1-16-8-13-21(14-9-16)11-5-4-10-20-18(19-3)22-12-6-7-17(2)15-22/h16-17H,4-15H2,1-3H3,(H,19,20). The van der Waals surface area contributed by atoms with Gasteiger partial charge in [-0.05, 0) is 70.0 Å². The van der Waals surface area contributed by atoms with Gasteiger partial charge in [-0.25, -0.2) is 0 Å². The van der Waals surface area contributed by atoms with E-state index in [9.17, 15) is 0 Å². The summed E-state index contributed by atoms with van der Waals surface area (Å²) in [6.07, 6.45) is 7.98. The molecule has 4 heteroatoms. The number of likely N-dealkylation sites (tertiary alicyclic amines) is 2. The van der Waals surface area contributed by atoms with Gasteiger partial charge >= 0.3 is 0 Å². The Labute approximate surface area is 137 Å². The van der Waals surface area contributed by atoms with E-state index in [4.69, 9.17) is 0 Å². The number of unbranched alkanes of at least 4 members (excludes halogenated alkanes) is 1. The summed E-state index contributed by atoms with van der Waals surface area (Å²) in [5.41, 5.74) is 0. The van der Waals surface area contributed by atoms with Gasteiger partial charge in [-0.3, -0.25) is 4.99 Å². The zero-order valence-electron chi connectivity index (χ0n) is 15.0. The van der Waals surface area contributed by atoms with Crippen LogP contribution in [0, 0.1) is 11.8 Å². The van der Waals surface area contributed by atoms with E-state index in [1.54, 1.807) is 0 Å². The summed E-state index contributed by atoms with van der Waals surface area (Å²) >= 11 is 0. The zero-order valence-corrected chi connectivity index (χ0v) is 15.0. The van der Waals surface area contributed by atoms with Crippen LogP contribution in [-0.2, 0) is 0 Å². The Morgan fingerprint density at radius 2 is 1.82 bits per heavy atom. The van der Waals surface area contributed by atoms with Crippen molar-refractivity contribution in [3.8, 4) is 0 Å². The highest BCUT2D eigenvalue weighted by Crippen LogP contribution is 2.16. The minimum absolute atomic E-state index is 0.800. The number of rotatable bonds is 5. The van der Waals surface area contributed by atoms with Gasteiger partial charge < -0.3 is 15.1 Å². The van der Waals surface area contributed by atoms with Crippen LogP contribution in [-0.4, -0.2) is 62.1 Å². The molecule has 2 heterocycles. The van der Waals surface area contributed by atoms with Gasteiger partial charge in [0.25, 0.3) is 0 Å². The van der Waals surface area contributed by atoms with E-state index in [-0.39, 0.29) is 0 Å². The Bertz CT molecular complexity index is 334. The highest BCUT2D eigenvalue weighted by atomic mass is 15.3. The predicted octanol–water partition coefficient (Wildman–Crippen LogP) is 2.81. The van der Waals surface area contributed by atoms with Gasteiger partial charge in [0.2, 0.25) is 0 Å². The topological polar surface area (TPSA) is 30.9 Å². The van der Waals surface area contributed by atoms with Crippen molar-refractivity contribution in [3.05, 3.63) is 0 Å². The first-order chi connectivity index (χ1) is 10.7. The Balaban J connectivity index is 1.57. The first-order valence-corrected chi connectivity index (χ1v) is 9.37. The summed E-state index contributed by atoms with van der Waals surface area (Å²) in [7, 11) is 1.91. The minimum Gasteiger partial charge on any atom is -0.356 e. The third-order valence-corrected chi connectivity index (χ3v) is 5.23. The van der Waals surface area contributed by atoms with E-state index >= 15 is 0 Å². The second-order valence-electron chi connectivity index (χ2n) is 7.40. The molecule has 0 radical (unpaired) electrons. The third kappa shape index (κ3) is 5.79. The highest BCUT2D eigenvalue weighted by Gasteiger charge is 2.19. The molecule has 22 heavy (non-hydrogen) atoms. The molecule has 1 N–H and O–H groups in total. The van der Waals surface area contributed by atoms with Crippen molar-refractivity contribution in [2.75, 3.05) is 46.3 Å². The number of guanidine groups is 1. The number of nitrogens with zero attached hydrogens (tertiary/aromatic N) is 3. The van der Waals surface area contributed by atoms with Crippen LogP contribution < -0.4 is 5.32 Å². The normalized spacial score (nSPS) is 25.5. The lowest BCUT2D eigenvalue weighted by Gasteiger charge is -2.33. The van der Waals surface area contributed by atoms with Gasteiger partial charge in [0.15, 0.2) is 5.96 Å². The van der Waals surface area contributed by atoms with Crippen LogP contribution in [0.1, 0.15) is 52.4 Å². The third-order valence-electron chi connectivity index (χ3n) is 5.23. The molecule has 2 rings (SSSR count). The maximum absolute atomic E-state index is 4.46. The molecular formula is C18H36N4. The summed E-state index contributed by atoms with van der Waals surface area (Å²) in [4.78, 5) is 9.53. The van der Waals surface area contributed by atoms with Crippen LogP contribution in [0.25, 0.3) is 0 Å². The van der Waals surface area contributed by atoms with Gasteiger partial charge in [-0.1, -0.05) is 13.8 Å². The molecule has 2 fully saturated rings. The van der Waals surface area contributed by atoms with E-state index in [0.29, 0.717) is 0 Å². The zero-order chi connectivity index (χ0) is 15.8. The van der Waals surface area contributed by atoms with Gasteiger partial charge in [-0.2, -0.15) is 0 Å². The number of hydrogen-bond acceptors (Lipinski definition) is 2. The van der Waals surface area contributed by atoms with E-state index in [0.717, 1.165) is 37.4 Å². The molecule has 0 aliphatic carbocycles. The van der Waals surface area contributed by atoms with Crippen molar-refractivity contribution in [1.82, 2.24) is 15.1 Å². The number of nitrogens with one attached hydrogen (secondary N) is 1. The lowest BCUT2D eigenvalue weighted by molar-refractivity contribution is 0.189. The molecule has 2 aliphatic rings. The molecule has 0 bridgehead atoms. The van der Waals surface area contributed by atoms with Crippen molar-refractivity contribution >= 4 is 5.96 Å². The second kappa shape index (κ2) is 9.39. The lowest BCUT2D eigenvalue weighted by Crippen LogP contribution is -2.46. The minimum atomic E-state index is 0.800. The summed E-state index contributed by atoms with van der Waals surface area (Å²) in [5, 5.41) is 3.56. The van der Waals surface area contributed by atoms with Crippen molar-refractivity contribution in [2.24, 2.45) is 16.8 Å². The Hall–Kier alpha value is -0.770. The smallest absolute Gasteiger partial charge is 0.193 e. The maximum Gasteiger partial charge on any atom is 0.193 e. The van der Waals surface area contributed by atoms with Crippen LogP contribution in [0.3, 0.4) is 0 Å². The molecule has 1 unspecified atom stereocenters. The van der Waals surface area contributed by atoms with Crippen LogP contribution in [0.5, 0.6) is 0 Å². The van der Waals surface area contributed by atoms with Crippen LogP contribution >= 0.6 is 0 Å². The summed E-state index contributed by atoms with van der Waals surface area (Å²) in [6, 6.07) is 0. The molecule has 4 nitrogen and oxygen atoms in total. The number of piperidine rings is 2. The molecule has 2 saturated heterocycles. The van der Waals surface area contributed by atoms with E-state index in [2.05, 4.69) is 34.0 Å². The molecule has 0 aromatic carbocycles. The molecule has 128 valence electrons. The molecule has 1 atom stereocenters. The van der Waals surface area contributed by atoms with Crippen molar-refractivity contribution < 1.29 is 0 Å². The predicted molar refractivity (Wildman–Crippen MR) is 95.4 cm³/mol. The monoisotopic (exact) mass is 308 g/mol. The average Bonchev–Trinajstić information content (AvgIpc) is 2.52. The average molecular weight is 309 g/mol. The van der Waals surface area contributed by atoms with Gasteiger partial charge in [0, 0.05) is 26.7 Å². The fourth-order valence-corrected chi connectivity index (χ4v) is 3.66. The van der Waals surface area contributed by atoms with Crippen molar-refractivity contribution in [3.63, 3.8) is 0 Å². The van der Waals surface area contributed by atoms with E-state index in [1.807, 2.05) is 7.05 Å². The molecular weight excluding hydrogens is 272 g/mol. The SMILES string of the molecule is CN=C(NCCCCN1CCC(C)CC1)N1CCCC(C)C1. The Morgan fingerprint density at radius 3 is 2.50 bits per heavy atom. The van der Waals surface area contributed by atoms with Crippen LogP contribution in [0.2, 0.25) is 0 Å². The van der Waals surface area contributed by atoms with Crippen LogP contribution in [0.15, 0.2) is 4.99 Å². The Kier molecular flexibility index (Phi) is 7.50. The largest absolute Gasteiger partial charge is 0.356 e. The van der Waals surface area contributed by atoms with Crippen molar-refractivity contribution in [1.29, 1.82) is 0 Å². The first-order valence-electron chi connectivity index (χ1n) is 9.37. The Morgan fingerprint density at radius 1 is 1.05 bits per heavy atom. The summed E-state index contributed by atoms with van der Waals surface area (Å²) < 4.78 is 0. The van der Waals surface area contributed by atoms with E-state index in [1.165, 1.54) is 58.2 Å². The van der Waals surface area contributed by atoms with Gasteiger partial charge in [-0.15, -0.1) is 0 Å². The first kappa shape index (κ1) is 17.6. The second-order valence-corrected chi connectivity index (χ2v) is 7.40. The summed E-state index contributed by atoms with van der Waals surface area (Å²) in [6.45, 7) is 12.0.